The first kappa shape index (κ1) is 15.5. The average molecular weight is 288 g/mol. The number of hydrogen-bond acceptors (Lipinski definition) is 2. The first-order chi connectivity index (χ1) is 9.70. The summed E-state index contributed by atoms with van der Waals surface area (Å²) in [7, 11) is 0. The molecular weight excluding hydrogens is 264 g/mol. The molecule has 1 saturated heterocycles. The lowest BCUT2D eigenvalue weighted by molar-refractivity contribution is -0.127. The van der Waals surface area contributed by atoms with E-state index in [1.54, 1.807) is 4.90 Å². The van der Waals surface area contributed by atoms with Gasteiger partial charge in [0.15, 0.2) is 0 Å². The number of aryl methyl sites for hydroxylation is 2. The third-order valence-electron chi connectivity index (χ3n) is 3.90. The van der Waals surface area contributed by atoms with E-state index in [1.807, 2.05) is 52.8 Å². The van der Waals surface area contributed by atoms with Crippen molar-refractivity contribution in [1.29, 1.82) is 0 Å². The summed E-state index contributed by atoms with van der Waals surface area (Å²) in [5.41, 5.74) is 2.76. The van der Waals surface area contributed by atoms with Gasteiger partial charge in [-0.05, 0) is 36.5 Å². The Morgan fingerprint density at radius 2 is 1.86 bits per heavy atom. The normalized spacial score (nSPS) is 20.2. The van der Waals surface area contributed by atoms with E-state index in [4.69, 9.17) is 0 Å². The number of carbonyl (C=O) groups is 2. The Morgan fingerprint density at radius 1 is 1.19 bits per heavy atom. The van der Waals surface area contributed by atoms with Crippen LogP contribution in [0, 0.1) is 19.3 Å². The number of anilines is 1. The number of nitrogens with one attached hydrogen (secondary N) is 1. The number of nitrogens with zero attached hydrogens (tertiary/aromatic N) is 1. The maximum absolute atomic E-state index is 12.9. The molecule has 0 saturated carbocycles. The molecule has 1 atom stereocenters. The van der Waals surface area contributed by atoms with Crippen molar-refractivity contribution in [2.24, 2.45) is 5.41 Å². The van der Waals surface area contributed by atoms with E-state index in [0.29, 0.717) is 13.0 Å². The van der Waals surface area contributed by atoms with Gasteiger partial charge in [-0.15, -0.1) is 0 Å². The lowest BCUT2D eigenvalue weighted by Crippen LogP contribution is -2.52. The molecule has 4 nitrogen and oxygen atoms in total. The molecule has 0 aliphatic carbocycles. The van der Waals surface area contributed by atoms with Crippen molar-refractivity contribution in [1.82, 2.24) is 5.32 Å². The van der Waals surface area contributed by atoms with Crippen LogP contribution in [0.2, 0.25) is 0 Å². The van der Waals surface area contributed by atoms with Crippen molar-refractivity contribution in [3.63, 3.8) is 0 Å². The molecule has 4 heteroatoms. The largest absolute Gasteiger partial charge is 0.344 e. The highest BCUT2D eigenvalue weighted by atomic mass is 16.2. The molecule has 1 unspecified atom stereocenters. The van der Waals surface area contributed by atoms with Crippen LogP contribution in [0.1, 0.15) is 38.3 Å². The van der Waals surface area contributed by atoms with Crippen LogP contribution < -0.4 is 10.2 Å². The molecule has 2 rings (SSSR count). The molecular formula is C17H24N2O2. The zero-order chi connectivity index (χ0) is 15.8. The van der Waals surface area contributed by atoms with E-state index < -0.39 is 6.04 Å². The van der Waals surface area contributed by atoms with Gasteiger partial charge in [-0.3, -0.25) is 9.59 Å². The maximum atomic E-state index is 12.9. The molecule has 1 N–H and O–H groups in total. The molecule has 0 radical (unpaired) electrons. The van der Waals surface area contributed by atoms with Gasteiger partial charge in [-0.25, -0.2) is 0 Å². The molecule has 1 aliphatic heterocycles. The third-order valence-corrected chi connectivity index (χ3v) is 3.90. The van der Waals surface area contributed by atoms with E-state index in [1.165, 1.54) is 0 Å². The van der Waals surface area contributed by atoms with Crippen molar-refractivity contribution >= 4 is 17.5 Å². The molecule has 1 aromatic rings. The van der Waals surface area contributed by atoms with Gasteiger partial charge >= 0.3 is 0 Å². The van der Waals surface area contributed by atoms with Crippen LogP contribution in [0.3, 0.4) is 0 Å². The minimum absolute atomic E-state index is 0.0259. The number of rotatable bonds is 1. The second-order valence-electron chi connectivity index (χ2n) is 6.90. The topological polar surface area (TPSA) is 49.4 Å². The highest BCUT2D eigenvalue weighted by molar-refractivity contribution is 6.02. The van der Waals surface area contributed by atoms with Gasteiger partial charge in [0, 0.05) is 18.7 Å². The Balaban J connectivity index is 2.45. The number of amides is 2. The molecule has 1 aromatic carbocycles. The summed E-state index contributed by atoms with van der Waals surface area (Å²) in [6, 6.07) is 5.58. The highest BCUT2D eigenvalue weighted by Gasteiger charge is 2.38. The Hall–Kier alpha value is -1.84. The van der Waals surface area contributed by atoms with Gasteiger partial charge in [-0.2, -0.15) is 0 Å². The van der Waals surface area contributed by atoms with Crippen LogP contribution in [0.25, 0.3) is 0 Å². The van der Waals surface area contributed by atoms with Gasteiger partial charge in [-0.1, -0.05) is 32.9 Å². The fourth-order valence-corrected chi connectivity index (χ4v) is 2.61. The standard InChI is InChI=1S/C17H24N2O2/c1-11-6-7-12(2)13(10-11)19-9-8-14(20)18-15(16(19)21)17(3,4)5/h6-7,10,15H,8-9H2,1-5H3,(H,18,20). The van der Waals surface area contributed by atoms with Crippen molar-refractivity contribution < 1.29 is 9.59 Å². The Labute approximate surface area is 126 Å². The van der Waals surface area contributed by atoms with Crippen LogP contribution in [0.4, 0.5) is 5.69 Å². The van der Waals surface area contributed by atoms with E-state index in [9.17, 15) is 9.59 Å². The van der Waals surface area contributed by atoms with Gasteiger partial charge in [0.05, 0.1) is 0 Å². The third kappa shape index (κ3) is 3.26. The lowest BCUT2D eigenvalue weighted by atomic mass is 9.86. The molecule has 1 aliphatic rings. The number of benzene rings is 1. The van der Waals surface area contributed by atoms with Gasteiger partial charge in [0.2, 0.25) is 11.8 Å². The minimum atomic E-state index is -0.493. The van der Waals surface area contributed by atoms with E-state index in [0.717, 1.165) is 16.8 Å². The van der Waals surface area contributed by atoms with Crippen LogP contribution in [0.5, 0.6) is 0 Å². The second kappa shape index (κ2) is 5.51. The minimum Gasteiger partial charge on any atom is -0.344 e. The zero-order valence-electron chi connectivity index (χ0n) is 13.5. The maximum Gasteiger partial charge on any atom is 0.250 e. The quantitative estimate of drug-likeness (QED) is 0.863. The highest BCUT2D eigenvalue weighted by Crippen LogP contribution is 2.28. The summed E-state index contributed by atoms with van der Waals surface area (Å²) in [6.45, 7) is 10.4. The van der Waals surface area contributed by atoms with E-state index >= 15 is 0 Å². The predicted molar refractivity (Wildman–Crippen MR) is 84.3 cm³/mol. The second-order valence-corrected chi connectivity index (χ2v) is 6.90. The summed E-state index contributed by atoms with van der Waals surface area (Å²) >= 11 is 0. The molecule has 2 amide bonds. The molecule has 0 aromatic heterocycles. The van der Waals surface area contributed by atoms with E-state index in [-0.39, 0.29) is 17.2 Å². The molecule has 21 heavy (non-hydrogen) atoms. The van der Waals surface area contributed by atoms with Crippen molar-refractivity contribution in [2.75, 3.05) is 11.4 Å². The molecule has 114 valence electrons. The monoisotopic (exact) mass is 288 g/mol. The summed E-state index contributed by atoms with van der Waals surface area (Å²) < 4.78 is 0. The number of hydrogen-bond donors (Lipinski definition) is 1. The first-order valence-corrected chi connectivity index (χ1v) is 7.38. The number of carbonyl (C=O) groups excluding carboxylic acids is 2. The van der Waals surface area contributed by atoms with Crippen LogP contribution in [-0.4, -0.2) is 24.4 Å². The van der Waals surface area contributed by atoms with Gasteiger partial charge in [0.1, 0.15) is 6.04 Å². The summed E-state index contributed by atoms with van der Waals surface area (Å²) in [6.07, 6.45) is 0.339. The Kier molecular flexibility index (Phi) is 4.08. The van der Waals surface area contributed by atoms with Crippen molar-refractivity contribution in [3.8, 4) is 0 Å². The van der Waals surface area contributed by atoms with Crippen LogP contribution in [-0.2, 0) is 9.59 Å². The fourth-order valence-electron chi connectivity index (χ4n) is 2.61. The fraction of sp³-hybridized carbons (Fsp3) is 0.529. The Bertz CT molecular complexity index is 573. The molecule has 1 fully saturated rings. The zero-order valence-corrected chi connectivity index (χ0v) is 13.5. The smallest absolute Gasteiger partial charge is 0.250 e. The lowest BCUT2D eigenvalue weighted by Gasteiger charge is -2.33. The predicted octanol–water partition coefficient (Wildman–Crippen LogP) is 2.57. The molecule has 0 bridgehead atoms. The summed E-state index contributed by atoms with van der Waals surface area (Å²) in [5.74, 6) is -0.0851. The van der Waals surface area contributed by atoms with Crippen LogP contribution in [0.15, 0.2) is 18.2 Å². The van der Waals surface area contributed by atoms with Crippen LogP contribution >= 0.6 is 0 Å². The van der Waals surface area contributed by atoms with E-state index in [2.05, 4.69) is 5.32 Å². The van der Waals surface area contributed by atoms with Gasteiger partial charge < -0.3 is 10.2 Å². The van der Waals surface area contributed by atoms with Crippen molar-refractivity contribution in [3.05, 3.63) is 29.3 Å². The summed E-state index contributed by atoms with van der Waals surface area (Å²) in [4.78, 5) is 26.6. The van der Waals surface area contributed by atoms with Gasteiger partial charge in [0.25, 0.3) is 0 Å². The van der Waals surface area contributed by atoms with Crippen molar-refractivity contribution in [2.45, 2.75) is 47.1 Å². The first-order valence-electron chi connectivity index (χ1n) is 7.38. The SMILES string of the molecule is Cc1ccc(C)c(N2CCC(=O)NC(C(C)(C)C)C2=O)c1. The molecule has 1 heterocycles. The average Bonchev–Trinajstić information content (AvgIpc) is 2.52. The molecule has 0 spiro atoms. The summed E-state index contributed by atoms with van der Waals surface area (Å²) in [5, 5.41) is 2.87. The Morgan fingerprint density at radius 3 is 2.48 bits per heavy atom.